The summed E-state index contributed by atoms with van der Waals surface area (Å²) in [5, 5.41) is 8.63. The number of hydrogen-bond acceptors (Lipinski definition) is 4. The maximum Gasteiger partial charge on any atom is 0.112 e. The van der Waals surface area contributed by atoms with Crippen molar-refractivity contribution in [3.63, 3.8) is 0 Å². The lowest BCUT2D eigenvalue weighted by molar-refractivity contribution is 0.211. The van der Waals surface area contributed by atoms with Gasteiger partial charge >= 0.3 is 0 Å². The minimum Gasteiger partial charge on any atom is -0.327 e. The summed E-state index contributed by atoms with van der Waals surface area (Å²) in [5.74, 6) is 1.52. The lowest BCUT2D eigenvalue weighted by atomic mass is 9.92. The second-order valence-corrected chi connectivity index (χ2v) is 8.17. The van der Waals surface area contributed by atoms with Crippen LogP contribution in [-0.2, 0) is 13.0 Å². The van der Waals surface area contributed by atoms with Crippen LogP contribution in [0.15, 0.2) is 30.5 Å². The first-order valence-electron chi connectivity index (χ1n) is 8.92. The van der Waals surface area contributed by atoms with Crippen molar-refractivity contribution in [2.24, 2.45) is 5.41 Å². The van der Waals surface area contributed by atoms with Crippen molar-refractivity contribution in [3.8, 4) is 0 Å². The monoisotopic (exact) mass is 344 g/mol. The molecular weight excluding hydrogens is 312 g/mol. The van der Waals surface area contributed by atoms with Gasteiger partial charge in [0.25, 0.3) is 0 Å². The molecule has 0 amide bonds. The van der Waals surface area contributed by atoms with Crippen molar-refractivity contribution >= 4 is 11.0 Å². The van der Waals surface area contributed by atoms with Gasteiger partial charge in [-0.05, 0) is 43.6 Å². The van der Waals surface area contributed by atoms with Gasteiger partial charge in [-0.3, -0.25) is 10.7 Å². The summed E-state index contributed by atoms with van der Waals surface area (Å²) >= 11 is 0. The topological polar surface area (TPSA) is 53.3 Å². The number of hydroxylamine groups is 1. The summed E-state index contributed by atoms with van der Waals surface area (Å²) in [7, 11) is 4.25. The highest BCUT2D eigenvalue weighted by Crippen LogP contribution is 2.28. The number of allylic oxidation sites excluding steroid dienone is 1. The van der Waals surface area contributed by atoms with E-state index < -0.39 is 0 Å². The van der Waals surface area contributed by atoms with Crippen LogP contribution in [0.1, 0.15) is 45.0 Å². The lowest BCUT2D eigenvalue weighted by Gasteiger charge is -2.30. The highest BCUT2D eigenvalue weighted by Gasteiger charge is 2.23. The quantitative estimate of drug-likeness (QED) is 0.716. The zero-order valence-electron chi connectivity index (χ0n) is 16.4. The standard InChI is InChI=1S/C20H32N4O/c1-15(2)19-22-17-12-16(8-7-11-21-25)9-10-18(17)24(19)14-20(3,4)13-23(5)6/h7,9-12,15,21,25H,8,13-14H2,1-6H3/b11-7+. The molecule has 25 heavy (non-hydrogen) atoms. The molecule has 0 bridgehead atoms. The predicted molar refractivity (Wildman–Crippen MR) is 104 cm³/mol. The van der Waals surface area contributed by atoms with Gasteiger partial charge in [-0.1, -0.05) is 39.8 Å². The normalized spacial score (nSPS) is 12.8. The molecule has 5 nitrogen and oxygen atoms in total. The van der Waals surface area contributed by atoms with Crippen molar-refractivity contribution in [2.45, 2.75) is 46.6 Å². The molecule has 1 aromatic heterocycles. The van der Waals surface area contributed by atoms with Crippen LogP contribution in [-0.4, -0.2) is 40.3 Å². The molecule has 0 saturated carbocycles. The Balaban J connectivity index is 2.40. The third-order valence-corrected chi connectivity index (χ3v) is 4.23. The molecule has 1 aromatic carbocycles. The summed E-state index contributed by atoms with van der Waals surface area (Å²) in [6.07, 6.45) is 4.19. The first-order chi connectivity index (χ1) is 11.7. The minimum absolute atomic E-state index is 0.162. The molecule has 0 unspecified atom stereocenters. The molecule has 1 heterocycles. The van der Waals surface area contributed by atoms with Crippen LogP contribution in [0, 0.1) is 5.41 Å². The molecule has 5 heteroatoms. The van der Waals surface area contributed by atoms with Crippen LogP contribution in [0.2, 0.25) is 0 Å². The molecule has 2 rings (SSSR count). The molecule has 0 atom stereocenters. The minimum atomic E-state index is 0.162. The number of aromatic nitrogens is 2. The molecule has 0 spiro atoms. The third kappa shape index (κ3) is 5.06. The number of hydrogen-bond donors (Lipinski definition) is 2. The average Bonchev–Trinajstić information content (AvgIpc) is 2.84. The van der Waals surface area contributed by atoms with E-state index in [-0.39, 0.29) is 5.41 Å². The van der Waals surface area contributed by atoms with E-state index in [4.69, 9.17) is 10.2 Å². The van der Waals surface area contributed by atoms with Crippen LogP contribution in [0.5, 0.6) is 0 Å². The van der Waals surface area contributed by atoms with Crippen LogP contribution in [0.4, 0.5) is 0 Å². The van der Waals surface area contributed by atoms with E-state index >= 15 is 0 Å². The van der Waals surface area contributed by atoms with Crippen LogP contribution >= 0.6 is 0 Å². The summed E-state index contributed by atoms with van der Waals surface area (Å²) in [4.78, 5) is 7.17. The lowest BCUT2D eigenvalue weighted by Crippen LogP contribution is -2.33. The molecule has 0 saturated heterocycles. The van der Waals surface area contributed by atoms with Gasteiger partial charge in [0.15, 0.2) is 0 Å². The predicted octanol–water partition coefficient (Wildman–Crippen LogP) is 3.78. The summed E-state index contributed by atoms with van der Waals surface area (Å²) in [5.41, 5.74) is 5.63. The third-order valence-electron chi connectivity index (χ3n) is 4.23. The van der Waals surface area contributed by atoms with Gasteiger partial charge in [0.2, 0.25) is 0 Å². The fraction of sp³-hybridized carbons (Fsp3) is 0.550. The van der Waals surface area contributed by atoms with E-state index in [0.29, 0.717) is 5.92 Å². The first-order valence-corrected chi connectivity index (χ1v) is 8.92. The number of benzene rings is 1. The van der Waals surface area contributed by atoms with E-state index in [1.54, 1.807) is 0 Å². The van der Waals surface area contributed by atoms with Gasteiger partial charge in [-0.15, -0.1) is 0 Å². The van der Waals surface area contributed by atoms with E-state index in [1.807, 2.05) is 11.6 Å². The number of nitrogens with zero attached hydrogens (tertiary/aromatic N) is 3. The molecule has 2 aromatic rings. The Bertz CT molecular complexity index is 729. The highest BCUT2D eigenvalue weighted by molar-refractivity contribution is 5.77. The Morgan fingerprint density at radius 3 is 2.64 bits per heavy atom. The van der Waals surface area contributed by atoms with E-state index in [2.05, 4.69) is 69.5 Å². The second kappa shape index (κ2) is 8.02. The van der Waals surface area contributed by atoms with Crippen molar-refractivity contribution in [3.05, 3.63) is 41.9 Å². The van der Waals surface area contributed by atoms with Crippen molar-refractivity contribution in [1.29, 1.82) is 0 Å². The average molecular weight is 345 g/mol. The van der Waals surface area contributed by atoms with Crippen molar-refractivity contribution < 1.29 is 5.21 Å². The summed E-state index contributed by atoms with van der Waals surface area (Å²) in [6, 6.07) is 6.47. The van der Waals surface area contributed by atoms with Crippen LogP contribution in [0.3, 0.4) is 0 Å². The van der Waals surface area contributed by atoms with Crippen molar-refractivity contribution in [1.82, 2.24) is 19.9 Å². The van der Waals surface area contributed by atoms with Gasteiger partial charge in [0.1, 0.15) is 5.82 Å². The Labute approximate surface area is 151 Å². The molecular formula is C20H32N4O. The van der Waals surface area contributed by atoms with Gasteiger partial charge in [-0.2, -0.15) is 0 Å². The first kappa shape index (κ1) is 19.5. The van der Waals surface area contributed by atoms with Gasteiger partial charge < -0.3 is 9.47 Å². The zero-order valence-corrected chi connectivity index (χ0v) is 16.4. The fourth-order valence-electron chi connectivity index (χ4n) is 3.51. The van der Waals surface area contributed by atoms with E-state index in [0.717, 1.165) is 30.9 Å². The maximum absolute atomic E-state index is 8.63. The maximum atomic E-state index is 8.63. The van der Waals surface area contributed by atoms with Gasteiger partial charge in [0.05, 0.1) is 11.0 Å². The molecule has 138 valence electrons. The number of rotatable bonds is 8. The fourth-order valence-corrected chi connectivity index (χ4v) is 3.51. The zero-order chi connectivity index (χ0) is 18.6. The molecule has 0 aliphatic carbocycles. The Morgan fingerprint density at radius 2 is 2.04 bits per heavy atom. The molecule has 2 N–H and O–H groups in total. The van der Waals surface area contributed by atoms with E-state index in [1.165, 1.54) is 17.3 Å². The Kier molecular flexibility index (Phi) is 6.25. The smallest absolute Gasteiger partial charge is 0.112 e. The van der Waals surface area contributed by atoms with Gasteiger partial charge in [-0.25, -0.2) is 4.98 Å². The molecule has 0 aliphatic heterocycles. The second-order valence-electron chi connectivity index (χ2n) is 8.17. The number of fused-ring (bicyclic) bond motifs is 1. The Morgan fingerprint density at radius 1 is 1.32 bits per heavy atom. The van der Waals surface area contributed by atoms with Crippen molar-refractivity contribution in [2.75, 3.05) is 20.6 Å². The number of imidazole rings is 1. The largest absolute Gasteiger partial charge is 0.327 e. The molecule has 0 aliphatic rings. The van der Waals surface area contributed by atoms with E-state index in [9.17, 15) is 0 Å². The highest BCUT2D eigenvalue weighted by atomic mass is 16.5. The summed E-state index contributed by atoms with van der Waals surface area (Å²) < 4.78 is 2.39. The Hall–Kier alpha value is -1.85. The van der Waals surface area contributed by atoms with Crippen LogP contribution < -0.4 is 5.48 Å². The van der Waals surface area contributed by atoms with Crippen LogP contribution in [0.25, 0.3) is 11.0 Å². The summed E-state index contributed by atoms with van der Waals surface area (Å²) in [6.45, 7) is 11.0. The molecule has 0 fully saturated rings. The number of nitrogens with one attached hydrogen (secondary N) is 1. The van der Waals surface area contributed by atoms with Gasteiger partial charge in [0, 0.05) is 25.2 Å². The SMILES string of the molecule is CC(C)c1nc2cc(C/C=C/NO)ccc2n1CC(C)(C)CN(C)C. The molecule has 0 radical (unpaired) electrons.